The molecular formula is C30H32F2N6O6S. The lowest BCUT2D eigenvalue weighted by atomic mass is 10.1. The Morgan fingerprint density at radius 2 is 1.71 bits per heavy atom. The first-order valence-corrected chi connectivity index (χ1v) is 14.9. The summed E-state index contributed by atoms with van der Waals surface area (Å²) in [4.78, 5) is 54.4. The number of ether oxygens (including phenoxy) is 2. The van der Waals surface area contributed by atoms with Crippen LogP contribution in [0.2, 0.25) is 0 Å². The van der Waals surface area contributed by atoms with Crippen molar-refractivity contribution < 1.29 is 32.6 Å². The third-order valence-corrected chi connectivity index (χ3v) is 8.69. The van der Waals surface area contributed by atoms with Gasteiger partial charge in [-0.15, -0.1) is 0 Å². The summed E-state index contributed by atoms with van der Waals surface area (Å²) in [5.41, 5.74) is 0.847. The summed E-state index contributed by atoms with van der Waals surface area (Å²) in [7, 11) is 2.66. The van der Waals surface area contributed by atoms with Crippen LogP contribution in [0, 0.1) is 11.6 Å². The van der Waals surface area contributed by atoms with E-state index in [1.165, 1.54) is 37.4 Å². The Balaban J connectivity index is 1.16. The van der Waals surface area contributed by atoms with Crippen molar-refractivity contribution in [2.45, 2.75) is 25.0 Å². The quantitative estimate of drug-likeness (QED) is 0.297. The van der Waals surface area contributed by atoms with Gasteiger partial charge in [-0.05, 0) is 43.2 Å². The molecule has 2 aliphatic heterocycles. The molecule has 0 bridgehead atoms. The van der Waals surface area contributed by atoms with Gasteiger partial charge in [-0.3, -0.25) is 14.0 Å². The Bertz CT molecular complexity index is 1740. The van der Waals surface area contributed by atoms with E-state index in [-0.39, 0.29) is 30.1 Å². The number of halogens is 2. The molecule has 3 aromatic rings. The van der Waals surface area contributed by atoms with E-state index < -0.39 is 41.3 Å². The number of nitrogens with one attached hydrogen (secondary N) is 1. The molecule has 0 spiro atoms. The number of hydrogen-bond acceptors (Lipinski definition) is 9. The van der Waals surface area contributed by atoms with Crippen molar-refractivity contribution in [1.29, 1.82) is 0 Å². The minimum atomic E-state index is -0.760. The summed E-state index contributed by atoms with van der Waals surface area (Å²) >= 11 is 4.09. The molecule has 0 radical (unpaired) electrons. The molecule has 15 heteroatoms. The lowest BCUT2D eigenvalue weighted by molar-refractivity contribution is 0.0598. The number of esters is 1. The molecule has 3 fully saturated rings. The third kappa shape index (κ3) is 5.83. The van der Waals surface area contributed by atoms with E-state index in [2.05, 4.69) is 18.1 Å². The Kier molecular flexibility index (Phi) is 8.20. The molecule has 1 aliphatic carbocycles. The number of carbonyl (C=O) groups is 3. The standard InChI is InChI=1S/C30H32F2N6O6S/c1-33-29(41)38(45)15-19-14-37(30(42)44-19)18-5-6-24(22(31)11-18)34-7-9-35(10-8-34)26-13-25-20(12-23(26)32)27(39)21(28(40)43-2)16-36(25)17-3-4-17/h5-6,11-13,16-17,19,45H,3-4,7-10,14-15H2,1-2H3,(H,33,41). The predicted octanol–water partition coefficient (Wildman–Crippen LogP) is 3.54. The van der Waals surface area contributed by atoms with Gasteiger partial charge in [0, 0.05) is 50.9 Å². The fourth-order valence-corrected chi connectivity index (χ4v) is 6.13. The molecule has 3 heterocycles. The van der Waals surface area contributed by atoms with Crippen LogP contribution in [-0.2, 0) is 9.47 Å². The van der Waals surface area contributed by atoms with Crippen LogP contribution in [0.25, 0.3) is 10.9 Å². The highest BCUT2D eigenvalue weighted by molar-refractivity contribution is 7.78. The van der Waals surface area contributed by atoms with E-state index in [1.54, 1.807) is 18.2 Å². The number of urea groups is 1. The van der Waals surface area contributed by atoms with Crippen molar-refractivity contribution in [3.63, 3.8) is 0 Å². The lowest BCUT2D eigenvalue weighted by Gasteiger charge is -2.37. The molecule has 1 atom stereocenters. The van der Waals surface area contributed by atoms with Crippen LogP contribution in [0.1, 0.15) is 29.2 Å². The van der Waals surface area contributed by atoms with Gasteiger partial charge in [0.1, 0.15) is 23.3 Å². The topological polar surface area (TPSA) is 117 Å². The molecule has 45 heavy (non-hydrogen) atoms. The maximum Gasteiger partial charge on any atom is 0.414 e. The summed E-state index contributed by atoms with van der Waals surface area (Å²) < 4.78 is 43.9. The summed E-state index contributed by atoms with van der Waals surface area (Å²) in [6.45, 7) is 1.76. The number of aromatic nitrogens is 1. The average molecular weight is 643 g/mol. The molecule has 1 saturated carbocycles. The molecule has 2 saturated heterocycles. The fraction of sp³-hybridized carbons (Fsp3) is 0.400. The van der Waals surface area contributed by atoms with E-state index in [4.69, 9.17) is 9.47 Å². The summed E-state index contributed by atoms with van der Waals surface area (Å²) in [5, 5.41) is 2.55. The van der Waals surface area contributed by atoms with Crippen LogP contribution in [0.3, 0.4) is 0 Å². The number of nitrogens with zero attached hydrogens (tertiary/aromatic N) is 5. The Morgan fingerprint density at radius 3 is 2.33 bits per heavy atom. The fourth-order valence-electron chi connectivity index (χ4n) is 5.85. The van der Waals surface area contributed by atoms with Gasteiger partial charge in [0.15, 0.2) is 0 Å². The second-order valence-corrected chi connectivity index (χ2v) is 11.7. The van der Waals surface area contributed by atoms with Crippen LogP contribution < -0.4 is 25.4 Å². The van der Waals surface area contributed by atoms with Gasteiger partial charge in [-0.25, -0.2) is 23.2 Å². The van der Waals surface area contributed by atoms with Crippen molar-refractivity contribution in [2.75, 3.05) is 68.1 Å². The maximum atomic E-state index is 15.5. The molecule has 6 rings (SSSR count). The number of rotatable bonds is 7. The van der Waals surface area contributed by atoms with Gasteiger partial charge < -0.3 is 29.2 Å². The number of cyclic esters (lactones) is 1. The van der Waals surface area contributed by atoms with Gasteiger partial charge in [0.2, 0.25) is 5.43 Å². The number of hydrogen-bond donors (Lipinski definition) is 2. The van der Waals surface area contributed by atoms with Gasteiger partial charge in [0.05, 0.1) is 42.8 Å². The van der Waals surface area contributed by atoms with Crippen LogP contribution in [0.4, 0.5) is 35.4 Å². The monoisotopic (exact) mass is 642 g/mol. The zero-order valence-corrected chi connectivity index (χ0v) is 25.6. The van der Waals surface area contributed by atoms with Crippen LogP contribution in [0.15, 0.2) is 41.3 Å². The number of methoxy groups -OCH3 is 1. The van der Waals surface area contributed by atoms with Crippen molar-refractivity contribution in [2.24, 2.45) is 0 Å². The number of carbonyl (C=O) groups excluding carboxylic acids is 3. The van der Waals surface area contributed by atoms with E-state index in [1.807, 2.05) is 14.4 Å². The van der Waals surface area contributed by atoms with E-state index >= 15 is 8.78 Å². The highest BCUT2D eigenvalue weighted by atomic mass is 32.1. The van der Waals surface area contributed by atoms with Crippen molar-refractivity contribution in [1.82, 2.24) is 14.2 Å². The Morgan fingerprint density at radius 1 is 1.04 bits per heavy atom. The first-order valence-electron chi connectivity index (χ1n) is 14.5. The maximum absolute atomic E-state index is 15.5. The van der Waals surface area contributed by atoms with Crippen molar-refractivity contribution >= 4 is 58.9 Å². The lowest BCUT2D eigenvalue weighted by Crippen LogP contribution is -2.47. The van der Waals surface area contributed by atoms with Gasteiger partial charge in [-0.1, -0.05) is 12.8 Å². The molecule has 12 nitrogen and oxygen atoms in total. The van der Waals surface area contributed by atoms with Gasteiger partial charge in [0.25, 0.3) is 0 Å². The minimum absolute atomic E-state index is 0.0564. The molecular weight excluding hydrogens is 610 g/mol. The smallest absolute Gasteiger partial charge is 0.414 e. The predicted molar refractivity (Wildman–Crippen MR) is 166 cm³/mol. The molecule has 238 valence electrons. The highest BCUT2D eigenvalue weighted by Crippen LogP contribution is 2.38. The molecule has 3 aliphatic rings. The van der Waals surface area contributed by atoms with Gasteiger partial charge >= 0.3 is 18.1 Å². The molecule has 1 N–H and O–H groups in total. The van der Waals surface area contributed by atoms with E-state index in [9.17, 15) is 19.2 Å². The molecule has 3 amide bonds. The van der Waals surface area contributed by atoms with Crippen LogP contribution in [-0.4, -0.2) is 86.5 Å². The minimum Gasteiger partial charge on any atom is -0.465 e. The first kappa shape index (κ1) is 30.5. The summed E-state index contributed by atoms with van der Waals surface area (Å²) in [5.74, 6) is -1.87. The van der Waals surface area contributed by atoms with Crippen LogP contribution in [0.5, 0.6) is 0 Å². The Hall–Kier alpha value is -4.53. The number of piperazine rings is 1. The van der Waals surface area contributed by atoms with Crippen molar-refractivity contribution in [3.05, 3.63) is 63.9 Å². The molecule has 2 aromatic carbocycles. The Labute approximate surface area is 262 Å². The molecule has 1 unspecified atom stereocenters. The SMILES string of the molecule is CNC(=O)N(S)CC1CN(c2ccc(N3CCN(c4cc5c(cc4F)c(=O)c(C(=O)OC)cn5C4CC4)CC3)c(F)c2)C(=O)O1. The van der Waals surface area contributed by atoms with Gasteiger partial charge in [-0.2, -0.15) is 0 Å². The summed E-state index contributed by atoms with van der Waals surface area (Å²) in [6.07, 6.45) is 2.00. The largest absolute Gasteiger partial charge is 0.465 e. The number of benzene rings is 2. The number of thiol groups is 1. The zero-order valence-electron chi connectivity index (χ0n) is 24.7. The number of fused-ring (bicyclic) bond motifs is 1. The number of anilines is 3. The molecule has 1 aromatic heterocycles. The summed E-state index contributed by atoms with van der Waals surface area (Å²) in [6, 6.07) is 7.01. The average Bonchev–Trinajstić information content (AvgIpc) is 3.82. The highest BCUT2D eigenvalue weighted by Gasteiger charge is 2.35. The van der Waals surface area contributed by atoms with Crippen molar-refractivity contribution in [3.8, 4) is 0 Å². The zero-order chi connectivity index (χ0) is 32.0. The van der Waals surface area contributed by atoms with E-state index in [0.29, 0.717) is 48.8 Å². The second-order valence-electron chi connectivity index (χ2n) is 11.2. The third-order valence-electron chi connectivity index (χ3n) is 8.35. The number of amides is 3. The first-order chi connectivity index (χ1) is 21.6. The number of pyridine rings is 1. The second kappa shape index (κ2) is 12.1. The van der Waals surface area contributed by atoms with Crippen LogP contribution >= 0.6 is 12.8 Å². The van der Waals surface area contributed by atoms with E-state index in [0.717, 1.165) is 17.1 Å². The normalized spacial score (nSPS) is 18.3.